The van der Waals surface area contributed by atoms with Gasteiger partial charge >= 0.3 is 0 Å². The third-order valence-electron chi connectivity index (χ3n) is 14.9. The van der Waals surface area contributed by atoms with Crippen molar-refractivity contribution in [1.82, 2.24) is 37.2 Å². The van der Waals surface area contributed by atoms with Gasteiger partial charge < -0.3 is 131 Å². The smallest absolute Gasteiger partial charge is 0.223 e. The first kappa shape index (κ1) is 74.0. The highest BCUT2D eigenvalue weighted by atomic mass is 16.7. The van der Waals surface area contributed by atoms with Crippen molar-refractivity contribution < 1.29 is 127 Å². The van der Waals surface area contributed by atoms with Crippen LogP contribution >= 0.6 is 0 Å². The summed E-state index contributed by atoms with van der Waals surface area (Å²) >= 11 is 0. The summed E-state index contributed by atoms with van der Waals surface area (Å²) < 4.78 is 50.4. The predicted molar refractivity (Wildman–Crippen MR) is 292 cm³/mol. The summed E-state index contributed by atoms with van der Waals surface area (Å²) in [6.07, 6.45) is -16.0. The van der Waals surface area contributed by atoms with E-state index in [1.165, 1.54) is 20.8 Å². The molecule has 1 aliphatic carbocycles. The number of hydrogen-bond acceptors (Lipinski definition) is 26. The van der Waals surface area contributed by atoms with Crippen LogP contribution in [0.1, 0.15) is 85.0 Å². The quantitative estimate of drug-likeness (QED) is 0.0255. The molecule has 0 aromatic heterocycles. The maximum atomic E-state index is 14.1. The average Bonchev–Trinajstić information content (AvgIpc) is 1.77. The van der Waals surface area contributed by atoms with Gasteiger partial charge in [-0.05, 0) is 44.9 Å². The Kier molecular flexibility index (Phi) is 33.4. The Balaban J connectivity index is 1.35. The Labute approximate surface area is 498 Å². The van der Waals surface area contributed by atoms with Crippen molar-refractivity contribution in [2.45, 2.75) is 189 Å². The second-order valence-electron chi connectivity index (χ2n) is 21.6. The first-order valence-corrected chi connectivity index (χ1v) is 29.1. The number of carbonyl (C=O) groups excluding carboxylic acids is 7. The molecule has 15 atom stereocenters. The number of nitrogens with one attached hydrogen (secondary N) is 7. The van der Waals surface area contributed by atoms with Crippen LogP contribution in [0, 0.1) is 5.92 Å². The molecule has 15 unspecified atom stereocenters. The number of aliphatic hydroxyl groups is 10. The van der Waals surface area contributed by atoms with E-state index >= 15 is 0 Å². The van der Waals surface area contributed by atoms with E-state index in [0.29, 0.717) is 25.7 Å². The zero-order chi connectivity index (χ0) is 63.3. The molecule has 4 rings (SSSR count). The fourth-order valence-electron chi connectivity index (χ4n) is 10.2. The van der Waals surface area contributed by atoms with Crippen molar-refractivity contribution in [3.05, 3.63) is 0 Å². The summed E-state index contributed by atoms with van der Waals surface area (Å²) in [5, 5.41) is 120. The number of hydrogen-bond donors (Lipinski definition) is 17. The van der Waals surface area contributed by atoms with Crippen molar-refractivity contribution in [3.8, 4) is 0 Å². The molecule has 1 saturated carbocycles. The van der Waals surface area contributed by atoms with E-state index < -0.39 is 165 Å². The third-order valence-corrected chi connectivity index (χ3v) is 14.9. The van der Waals surface area contributed by atoms with Gasteiger partial charge in [0.2, 0.25) is 41.4 Å². The van der Waals surface area contributed by atoms with Crippen LogP contribution in [-0.2, 0) is 76.2 Å². The molecule has 3 saturated heterocycles. The minimum absolute atomic E-state index is 0.00195. The van der Waals surface area contributed by atoms with E-state index in [-0.39, 0.29) is 124 Å². The van der Waals surface area contributed by atoms with Crippen LogP contribution in [0.4, 0.5) is 0 Å². The van der Waals surface area contributed by atoms with Gasteiger partial charge in [-0.2, -0.15) is 0 Å². The number of carbonyl (C=O) groups is 7. The molecular weight excluding hydrogens is 1150 g/mol. The second kappa shape index (κ2) is 38.8. The van der Waals surface area contributed by atoms with Crippen molar-refractivity contribution in [2.24, 2.45) is 5.92 Å². The van der Waals surface area contributed by atoms with Gasteiger partial charge in [0.05, 0.1) is 85.4 Å². The van der Waals surface area contributed by atoms with Crippen LogP contribution in [0.5, 0.6) is 0 Å². The normalized spacial score (nSPS) is 30.9. The highest BCUT2D eigenvalue weighted by molar-refractivity contribution is 5.81. The van der Waals surface area contributed by atoms with Gasteiger partial charge in [-0.15, -0.1) is 0 Å². The molecule has 0 radical (unpaired) electrons. The fraction of sp³-hybridized carbons (Fsp3) is 0.868. The zero-order valence-electron chi connectivity index (χ0n) is 49.0. The summed E-state index contributed by atoms with van der Waals surface area (Å²) in [7, 11) is 0. The number of amides is 7. The van der Waals surface area contributed by atoms with Gasteiger partial charge in [-0.3, -0.25) is 33.6 Å². The molecule has 33 heteroatoms. The molecule has 496 valence electrons. The molecule has 33 nitrogen and oxygen atoms in total. The molecule has 0 spiro atoms. The van der Waals surface area contributed by atoms with E-state index in [1.54, 1.807) is 0 Å². The Hall–Kier alpha value is -4.47. The summed E-state index contributed by atoms with van der Waals surface area (Å²) in [6, 6.07) is -3.46. The lowest BCUT2D eigenvalue weighted by Crippen LogP contribution is -2.64. The zero-order valence-corrected chi connectivity index (χ0v) is 49.0. The maximum Gasteiger partial charge on any atom is 0.223 e. The maximum absolute atomic E-state index is 14.1. The Morgan fingerprint density at radius 1 is 0.430 bits per heavy atom. The first-order chi connectivity index (χ1) is 41.0. The molecule has 3 heterocycles. The molecule has 3 aliphatic heterocycles. The van der Waals surface area contributed by atoms with Gasteiger partial charge in [0.1, 0.15) is 73.1 Å². The van der Waals surface area contributed by atoms with E-state index in [9.17, 15) is 84.6 Å². The highest BCUT2D eigenvalue weighted by Gasteiger charge is 2.48. The van der Waals surface area contributed by atoms with E-state index in [2.05, 4.69) is 37.2 Å². The molecule has 0 bridgehead atoms. The van der Waals surface area contributed by atoms with Crippen LogP contribution < -0.4 is 37.2 Å². The van der Waals surface area contributed by atoms with E-state index in [1.807, 2.05) is 0 Å². The van der Waals surface area contributed by atoms with Crippen LogP contribution in [0.25, 0.3) is 0 Å². The summed E-state index contributed by atoms with van der Waals surface area (Å²) in [6.45, 7) is 1.36. The lowest BCUT2D eigenvalue weighted by molar-refractivity contribution is -0.272. The Bertz CT molecular complexity index is 1870. The summed E-state index contributed by atoms with van der Waals surface area (Å²) in [5.74, 6) is -3.83. The summed E-state index contributed by atoms with van der Waals surface area (Å²) in [4.78, 5) is 89.8. The fourth-order valence-corrected chi connectivity index (χ4v) is 10.2. The van der Waals surface area contributed by atoms with Crippen LogP contribution in [0.3, 0.4) is 0 Å². The minimum atomic E-state index is -1.51. The van der Waals surface area contributed by atoms with Gasteiger partial charge in [-0.25, -0.2) is 0 Å². The minimum Gasteiger partial charge on any atom is -0.394 e. The molecular formula is C53H93N7O26. The Morgan fingerprint density at radius 3 is 1.01 bits per heavy atom. The molecule has 17 N–H and O–H groups in total. The third kappa shape index (κ3) is 24.8. The molecule has 4 fully saturated rings. The van der Waals surface area contributed by atoms with Crippen LogP contribution in [0.15, 0.2) is 0 Å². The van der Waals surface area contributed by atoms with Crippen LogP contribution in [0.2, 0.25) is 0 Å². The monoisotopic (exact) mass is 1240 g/mol. The van der Waals surface area contributed by atoms with Crippen molar-refractivity contribution in [3.63, 3.8) is 0 Å². The average molecular weight is 1240 g/mol. The molecule has 0 aromatic rings. The lowest BCUT2D eigenvalue weighted by atomic mass is 9.81. The SMILES string of the molecule is CC(=O)NC1C(OCCOCCNC(=O)CCC(CCC(=O)NCCOCCOC2OC(CO)C(O)C(O)C2NC(C)=O)(CCC(=O)NCCOCCOC2OC(CO)C(O)C(O)C2NC(C)=O)NC(=O)C2CCC(O)CC2)OC(CO)C(O)C1O. The summed E-state index contributed by atoms with van der Waals surface area (Å²) in [5.41, 5.74) is -1.31. The van der Waals surface area contributed by atoms with Crippen molar-refractivity contribution in [2.75, 3.05) is 98.9 Å². The van der Waals surface area contributed by atoms with Crippen molar-refractivity contribution in [1.29, 1.82) is 0 Å². The van der Waals surface area contributed by atoms with Gasteiger partial charge in [0.25, 0.3) is 0 Å². The van der Waals surface area contributed by atoms with Crippen LogP contribution in [-0.4, -0.2) is 295 Å². The van der Waals surface area contributed by atoms with Gasteiger partial charge in [-0.1, -0.05) is 0 Å². The van der Waals surface area contributed by atoms with Gasteiger partial charge in [0.15, 0.2) is 18.9 Å². The first-order valence-electron chi connectivity index (χ1n) is 29.1. The topological polar surface area (TPSA) is 489 Å². The standard InChI is InChI=1S/C53H93N7O26/c1-29(64)57-40-46(74)43(71)34(26-61)84-50(40)81-23-20-78-17-14-54-37(68)8-11-53(60-49(77)32-4-6-33(67)7-5-32,12-9-38(69)55-15-18-79-21-24-82-51-41(58-30(2)65)47(75)44(72)35(27-62)85-51)13-10-39(70)56-16-19-80-22-25-83-52-42(59-31(3)66)48(76)45(73)36(28-63)86-52/h32-36,40-48,50-52,61-63,67,71-76H,4-28H2,1-3H3,(H,54,68)(H,55,69)(H,56,70)(H,57,64)(H,58,65)(H,59,66)(H,60,77). The molecule has 0 aromatic carbocycles. The van der Waals surface area contributed by atoms with E-state index in [0.717, 1.165) is 0 Å². The number of aliphatic hydroxyl groups excluding tert-OH is 10. The number of rotatable bonds is 38. The largest absolute Gasteiger partial charge is 0.394 e. The lowest BCUT2D eigenvalue weighted by Gasteiger charge is -2.42. The predicted octanol–water partition coefficient (Wildman–Crippen LogP) is -7.99. The molecule has 4 aliphatic rings. The molecule has 7 amide bonds. The van der Waals surface area contributed by atoms with E-state index in [4.69, 9.17) is 42.6 Å². The number of ether oxygens (including phenoxy) is 9. The van der Waals surface area contributed by atoms with Crippen molar-refractivity contribution >= 4 is 41.4 Å². The Morgan fingerprint density at radius 2 is 0.733 bits per heavy atom. The molecule has 86 heavy (non-hydrogen) atoms. The van der Waals surface area contributed by atoms with Gasteiger partial charge in [0, 0.05) is 71.1 Å². The second-order valence-corrected chi connectivity index (χ2v) is 21.6. The highest BCUT2D eigenvalue weighted by Crippen LogP contribution is 2.31.